The summed E-state index contributed by atoms with van der Waals surface area (Å²) in [6, 6.07) is 5.86. The lowest BCUT2D eigenvalue weighted by atomic mass is 10.1. The number of urea groups is 1. The van der Waals surface area contributed by atoms with Crippen LogP contribution in [0.25, 0.3) is 0 Å². The van der Waals surface area contributed by atoms with Gasteiger partial charge in [0.25, 0.3) is 0 Å². The molecule has 110 valence electrons. The smallest absolute Gasteiger partial charge is 0.318 e. The maximum absolute atomic E-state index is 12.0. The molecule has 1 aliphatic rings. The maximum atomic E-state index is 12.0. The van der Waals surface area contributed by atoms with Gasteiger partial charge in [-0.05, 0) is 18.1 Å². The van der Waals surface area contributed by atoms with E-state index >= 15 is 0 Å². The first-order chi connectivity index (χ1) is 9.55. The molecule has 2 amide bonds. The Hall–Kier alpha value is -1.91. The Morgan fingerprint density at radius 2 is 2.10 bits per heavy atom. The van der Waals surface area contributed by atoms with Crippen molar-refractivity contribution in [2.24, 2.45) is 5.92 Å². The lowest BCUT2D eigenvalue weighted by Crippen LogP contribution is -2.31. The first kappa shape index (κ1) is 14.5. The van der Waals surface area contributed by atoms with Crippen LogP contribution in [0.2, 0.25) is 0 Å². The minimum Gasteiger partial charge on any atom is -0.497 e. The van der Waals surface area contributed by atoms with Crippen molar-refractivity contribution in [2.75, 3.05) is 20.8 Å². The van der Waals surface area contributed by atoms with Gasteiger partial charge in [-0.15, -0.1) is 0 Å². The minimum atomic E-state index is -0.0124. The van der Waals surface area contributed by atoms with Crippen LogP contribution in [0.1, 0.15) is 19.4 Å². The summed E-state index contributed by atoms with van der Waals surface area (Å²) in [6.07, 6.45) is 0. The van der Waals surface area contributed by atoms with E-state index < -0.39 is 0 Å². The average molecular weight is 278 g/mol. The second-order valence-electron chi connectivity index (χ2n) is 5.36. The molecule has 1 aliphatic heterocycles. The quantitative estimate of drug-likeness (QED) is 0.898. The normalized spacial score (nSPS) is 18.4. The van der Waals surface area contributed by atoms with Crippen LogP contribution in [-0.4, -0.2) is 37.7 Å². The molecule has 0 aromatic heterocycles. The second-order valence-corrected chi connectivity index (χ2v) is 5.36. The minimum absolute atomic E-state index is 0.0124. The van der Waals surface area contributed by atoms with Crippen molar-refractivity contribution in [1.82, 2.24) is 10.2 Å². The molecule has 1 aromatic carbocycles. The Bertz CT molecular complexity index is 488. The number of carbonyl (C=O) groups is 1. The molecule has 0 saturated carbocycles. The molecule has 1 saturated heterocycles. The van der Waals surface area contributed by atoms with Crippen molar-refractivity contribution < 1.29 is 14.3 Å². The molecule has 0 aliphatic carbocycles. The van der Waals surface area contributed by atoms with E-state index in [1.165, 1.54) is 0 Å². The molecule has 2 rings (SSSR count). The van der Waals surface area contributed by atoms with Gasteiger partial charge in [0.05, 0.1) is 26.8 Å². The molecule has 1 fully saturated rings. The number of benzene rings is 1. The Labute approximate surface area is 119 Å². The molecule has 1 aromatic rings. The average Bonchev–Trinajstić information content (AvgIpc) is 2.81. The van der Waals surface area contributed by atoms with Gasteiger partial charge < -0.3 is 19.7 Å². The highest BCUT2D eigenvalue weighted by molar-refractivity contribution is 5.77. The van der Waals surface area contributed by atoms with E-state index in [4.69, 9.17) is 9.47 Å². The summed E-state index contributed by atoms with van der Waals surface area (Å²) in [5.74, 6) is 1.92. The summed E-state index contributed by atoms with van der Waals surface area (Å²) in [6.45, 7) is 5.50. The van der Waals surface area contributed by atoms with Crippen LogP contribution in [0.4, 0.5) is 4.79 Å². The summed E-state index contributed by atoms with van der Waals surface area (Å²) in [4.78, 5) is 13.8. The van der Waals surface area contributed by atoms with Crippen LogP contribution >= 0.6 is 0 Å². The van der Waals surface area contributed by atoms with Crippen LogP contribution in [0, 0.1) is 5.92 Å². The van der Waals surface area contributed by atoms with Gasteiger partial charge in [-0.25, -0.2) is 4.79 Å². The number of methoxy groups -OCH3 is 2. The molecule has 1 atom stereocenters. The van der Waals surface area contributed by atoms with Gasteiger partial charge in [0.15, 0.2) is 0 Å². The fraction of sp³-hybridized carbons (Fsp3) is 0.533. The van der Waals surface area contributed by atoms with Crippen molar-refractivity contribution in [3.05, 3.63) is 23.8 Å². The summed E-state index contributed by atoms with van der Waals surface area (Å²) in [7, 11) is 3.24. The largest absolute Gasteiger partial charge is 0.497 e. The lowest BCUT2D eigenvalue weighted by Gasteiger charge is -2.18. The summed E-state index contributed by atoms with van der Waals surface area (Å²) >= 11 is 0. The number of amides is 2. The molecule has 0 bridgehead atoms. The predicted molar refractivity (Wildman–Crippen MR) is 77.1 cm³/mol. The molecule has 1 unspecified atom stereocenters. The molecule has 20 heavy (non-hydrogen) atoms. The van der Waals surface area contributed by atoms with Crippen molar-refractivity contribution >= 4 is 6.03 Å². The van der Waals surface area contributed by atoms with E-state index in [1.54, 1.807) is 14.2 Å². The zero-order chi connectivity index (χ0) is 14.7. The van der Waals surface area contributed by atoms with Crippen LogP contribution in [0.3, 0.4) is 0 Å². The van der Waals surface area contributed by atoms with Gasteiger partial charge in [0.1, 0.15) is 11.5 Å². The third-order valence-corrected chi connectivity index (χ3v) is 3.67. The zero-order valence-electron chi connectivity index (χ0n) is 12.5. The first-order valence-electron chi connectivity index (χ1n) is 6.81. The molecular weight excluding hydrogens is 256 g/mol. The number of hydrogen-bond acceptors (Lipinski definition) is 3. The van der Waals surface area contributed by atoms with Gasteiger partial charge >= 0.3 is 6.03 Å². The second kappa shape index (κ2) is 6.03. The van der Waals surface area contributed by atoms with Crippen LogP contribution < -0.4 is 14.8 Å². The van der Waals surface area contributed by atoms with Crippen LogP contribution in [0.5, 0.6) is 11.5 Å². The van der Waals surface area contributed by atoms with Gasteiger partial charge in [-0.1, -0.05) is 13.8 Å². The van der Waals surface area contributed by atoms with Gasteiger partial charge in [-0.2, -0.15) is 0 Å². The number of ether oxygens (including phenoxy) is 2. The molecule has 1 heterocycles. The van der Waals surface area contributed by atoms with Crippen LogP contribution in [0.15, 0.2) is 18.2 Å². The fourth-order valence-electron chi connectivity index (χ4n) is 2.32. The SMILES string of the molecule is COc1ccc(CN2CC(C(C)C)NC2=O)c(OC)c1. The topological polar surface area (TPSA) is 50.8 Å². The molecule has 0 radical (unpaired) electrons. The zero-order valence-corrected chi connectivity index (χ0v) is 12.5. The molecule has 0 spiro atoms. The van der Waals surface area contributed by atoms with E-state index in [0.717, 1.165) is 23.6 Å². The van der Waals surface area contributed by atoms with Crippen molar-refractivity contribution in [1.29, 1.82) is 0 Å². The lowest BCUT2D eigenvalue weighted by molar-refractivity contribution is 0.215. The van der Waals surface area contributed by atoms with E-state index in [1.807, 2.05) is 23.1 Å². The van der Waals surface area contributed by atoms with Gasteiger partial charge in [0, 0.05) is 18.2 Å². The van der Waals surface area contributed by atoms with Gasteiger partial charge in [0.2, 0.25) is 0 Å². The Morgan fingerprint density at radius 1 is 1.35 bits per heavy atom. The van der Waals surface area contributed by atoms with Crippen molar-refractivity contribution in [3.63, 3.8) is 0 Å². The van der Waals surface area contributed by atoms with Crippen molar-refractivity contribution in [2.45, 2.75) is 26.4 Å². The van der Waals surface area contributed by atoms with E-state index in [-0.39, 0.29) is 12.1 Å². The third-order valence-electron chi connectivity index (χ3n) is 3.67. The number of carbonyl (C=O) groups excluding carboxylic acids is 1. The van der Waals surface area contributed by atoms with E-state index in [9.17, 15) is 4.79 Å². The number of nitrogens with zero attached hydrogens (tertiary/aromatic N) is 1. The maximum Gasteiger partial charge on any atom is 0.318 e. The Kier molecular flexibility index (Phi) is 4.37. The number of nitrogens with one attached hydrogen (secondary N) is 1. The Morgan fingerprint density at radius 3 is 2.65 bits per heavy atom. The fourth-order valence-corrected chi connectivity index (χ4v) is 2.32. The number of hydrogen-bond donors (Lipinski definition) is 1. The van der Waals surface area contributed by atoms with Gasteiger partial charge in [-0.3, -0.25) is 0 Å². The predicted octanol–water partition coefficient (Wildman–Crippen LogP) is 2.25. The van der Waals surface area contributed by atoms with Crippen LogP contribution in [-0.2, 0) is 6.54 Å². The first-order valence-corrected chi connectivity index (χ1v) is 6.81. The summed E-state index contributed by atoms with van der Waals surface area (Å²) < 4.78 is 10.5. The number of rotatable bonds is 5. The molecular formula is C15H22N2O3. The highest BCUT2D eigenvalue weighted by atomic mass is 16.5. The highest BCUT2D eigenvalue weighted by Gasteiger charge is 2.30. The van der Waals surface area contributed by atoms with E-state index in [0.29, 0.717) is 12.5 Å². The monoisotopic (exact) mass is 278 g/mol. The molecule has 1 N–H and O–H groups in total. The third kappa shape index (κ3) is 2.98. The van der Waals surface area contributed by atoms with E-state index in [2.05, 4.69) is 19.2 Å². The summed E-state index contributed by atoms with van der Waals surface area (Å²) in [5, 5.41) is 3.01. The standard InChI is InChI=1S/C15H22N2O3/c1-10(2)13-9-17(15(18)16-13)8-11-5-6-12(19-3)7-14(11)20-4/h5-7,10,13H,8-9H2,1-4H3,(H,16,18). The molecule has 5 heteroatoms. The summed E-state index contributed by atoms with van der Waals surface area (Å²) in [5.41, 5.74) is 0.979. The van der Waals surface area contributed by atoms with Crippen molar-refractivity contribution in [3.8, 4) is 11.5 Å². The Balaban J connectivity index is 2.12. The highest BCUT2D eigenvalue weighted by Crippen LogP contribution is 2.26. The molecule has 5 nitrogen and oxygen atoms in total.